The molecule has 0 radical (unpaired) electrons. The van der Waals surface area contributed by atoms with Crippen molar-refractivity contribution in [1.29, 1.82) is 0 Å². The van der Waals surface area contributed by atoms with Gasteiger partial charge in [-0.15, -0.1) is 0 Å². The van der Waals surface area contributed by atoms with E-state index in [9.17, 15) is 4.79 Å². The number of aromatic nitrogens is 1. The minimum Gasteiger partial charge on any atom is -0.465 e. The first-order chi connectivity index (χ1) is 9.11. The molecule has 0 fully saturated rings. The highest BCUT2D eigenvalue weighted by atomic mass is 127. The molecular formula is C14H12INO3. The standard InChI is InChI=1S/C14H12INO3/c1-9-10(14(17)18-2)7-8-13(16-9)19-12-6-4-3-5-11(12)15/h3-8H,1-2H3. The lowest BCUT2D eigenvalue weighted by Crippen LogP contribution is -2.05. The second-order valence-electron chi connectivity index (χ2n) is 3.81. The van der Waals surface area contributed by atoms with E-state index in [1.807, 2.05) is 24.3 Å². The number of hydrogen-bond acceptors (Lipinski definition) is 4. The molecule has 19 heavy (non-hydrogen) atoms. The fourth-order valence-corrected chi connectivity index (χ4v) is 2.06. The quantitative estimate of drug-likeness (QED) is 0.613. The van der Waals surface area contributed by atoms with Crippen molar-refractivity contribution in [2.24, 2.45) is 0 Å². The first-order valence-corrected chi connectivity index (χ1v) is 6.68. The van der Waals surface area contributed by atoms with Crippen LogP contribution in [-0.2, 0) is 4.74 Å². The summed E-state index contributed by atoms with van der Waals surface area (Å²) in [4.78, 5) is 15.7. The first-order valence-electron chi connectivity index (χ1n) is 5.60. The number of carbonyl (C=O) groups excluding carboxylic acids is 1. The lowest BCUT2D eigenvalue weighted by atomic mass is 10.2. The largest absolute Gasteiger partial charge is 0.465 e. The molecule has 1 aromatic carbocycles. The second-order valence-corrected chi connectivity index (χ2v) is 4.97. The van der Waals surface area contributed by atoms with Gasteiger partial charge < -0.3 is 9.47 Å². The maximum Gasteiger partial charge on any atom is 0.339 e. The molecule has 2 aromatic rings. The molecule has 5 heteroatoms. The van der Waals surface area contributed by atoms with E-state index in [1.165, 1.54) is 7.11 Å². The molecule has 0 aliphatic rings. The van der Waals surface area contributed by atoms with Gasteiger partial charge >= 0.3 is 5.97 Å². The van der Waals surface area contributed by atoms with Crippen LogP contribution in [0.5, 0.6) is 11.6 Å². The predicted octanol–water partition coefficient (Wildman–Crippen LogP) is 3.57. The van der Waals surface area contributed by atoms with Gasteiger partial charge in [-0.05, 0) is 47.7 Å². The Hall–Kier alpha value is -1.63. The molecule has 1 aromatic heterocycles. The van der Waals surface area contributed by atoms with Crippen LogP contribution in [0, 0.1) is 10.5 Å². The topological polar surface area (TPSA) is 48.4 Å². The summed E-state index contributed by atoms with van der Waals surface area (Å²) in [6.07, 6.45) is 0. The number of halogens is 1. The summed E-state index contributed by atoms with van der Waals surface area (Å²) in [6, 6.07) is 11.0. The fraction of sp³-hybridized carbons (Fsp3) is 0.143. The Balaban J connectivity index is 2.26. The Labute approximate surface area is 124 Å². The van der Waals surface area contributed by atoms with E-state index >= 15 is 0 Å². The van der Waals surface area contributed by atoms with Gasteiger partial charge in [-0.25, -0.2) is 9.78 Å². The van der Waals surface area contributed by atoms with Gasteiger partial charge in [0.2, 0.25) is 5.88 Å². The highest BCUT2D eigenvalue weighted by Crippen LogP contribution is 2.25. The Morgan fingerprint density at radius 2 is 1.95 bits per heavy atom. The van der Waals surface area contributed by atoms with Crippen LogP contribution in [0.1, 0.15) is 16.1 Å². The highest BCUT2D eigenvalue weighted by Gasteiger charge is 2.11. The lowest BCUT2D eigenvalue weighted by molar-refractivity contribution is 0.0599. The zero-order chi connectivity index (χ0) is 13.8. The first kappa shape index (κ1) is 13.8. The third kappa shape index (κ3) is 3.23. The van der Waals surface area contributed by atoms with Crippen LogP contribution >= 0.6 is 22.6 Å². The van der Waals surface area contributed by atoms with Crippen molar-refractivity contribution in [1.82, 2.24) is 4.98 Å². The van der Waals surface area contributed by atoms with Crippen LogP contribution in [0.3, 0.4) is 0 Å². The van der Waals surface area contributed by atoms with E-state index in [0.29, 0.717) is 17.1 Å². The minimum atomic E-state index is -0.397. The summed E-state index contributed by atoms with van der Waals surface area (Å²) in [7, 11) is 1.35. The molecule has 0 unspecified atom stereocenters. The molecule has 0 amide bonds. The Kier molecular flexibility index (Phi) is 4.36. The van der Waals surface area contributed by atoms with Gasteiger partial charge in [0.15, 0.2) is 0 Å². The molecular weight excluding hydrogens is 357 g/mol. The van der Waals surface area contributed by atoms with Gasteiger partial charge in [0.05, 0.1) is 21.9 Å². The average Bonchev–Trinajstić information content (AvgIpc) is 2.41. The van der Waals surface area contributed by atoms with Crippen LogP contribution in [0.15, 0.2) is 36.4 Å². The molecule has 2 rings (SSSR count). The van der Waals surface area contributed by atoms with Gasteiger partial charge in [-0.1, -0.05) is 12.1 Å². The van der Waals surface area contributed by atoms with Gasteiger partial charge in [0.1, 0.15) is 5.75 Å². The monoisotopic (exact) mass is 369 g/mol. The van der Waals surface area contributed by atoms with Gasteiger partial charge in [0, 0.05) is 6.07 Å². The average molecular weight is 369 g/mol. The highest BCUT2D eigenvalue weighted by molar-refractivity contribution is 14.1. The fourth-order valence-electron chi connectivity index (χ4n) is 1.56. The Bertz CT molecular complexity index is 613. The molecule has 98 valence electrons. The predicted molar refractivity (Wildman–Crippen MR) is 79.5 cm³/mol. The number of rotatable bonds is 3. The van der Waals surface area contributed by atoms with Crippen molar-refractivity contribution in [2.75, 3.05) is 7.11 Å². The number of nitrogens with zero attached hydrogens (tertiary/aromatic N) is 1. The maximum absolute atomic E-state index is 11.5. The Morgan fingerprint density at radius 1 is 1.21 bits per heavy atom. The number of carbonyl (C=O) groups is 1. The van der Waals surface area contributed by atoms with Crippen molar-refractivity contribution in [3.8, 4) is 11.6 Å². The van der Waals surface area contributed by atoms with Crippen LogP contribution < -0.4 is 4.74 Å². The van der Waals surface area contributed by atoms with Gasteiger partial charge in [0.25, 0.3) is 0 Å². The number of pyridine rings is 1. The van der Waals surface area contributed by atoms with Crippen molar-refractivity contribution in [2.45, 2.75) is 6.92 Å². The van der Waals surface area contributed by atoms with E-state index in [2.05, 4.69) is 32.3 Å². The van der Waals surface area contributed by atoms with Crippen molar-refractivity contribution in [3.63, 3.8) is 0 Å². The number of esters is 1. The SMILES string of the molecule is COC(=O)c1ccc(Oc2ccccc2I)nc1C. The normalized spacial score (nSPS) is 10.1. The van der Waals surface area contributed by atoms with E-state index in [1.54, 1.807) is 19.1 Å². The number of ether oxygens (including phenoxy) is 2. The van der Waals surface area contributed by atoms with Crippen LogP contribution in [-0.4, -0.2) is 18.1 Å². The van der Waals surface area contributed by atoms with Crippen LogP contribution in [0.2, 0.25) is 0 Å². The second kappa shape index (κ2) is 6.01. The van der Waals surface area contributed by atoms with E-state index < -0.39 is 5.97 Å². The minimum absolute atomic E-state index is 0.397. The van der Waals surface area contributed by atoms with Gasteiger partial charge in [-0.3, -0.25) is 0 Å². The molecule has 0 atom stereocenters. The molecule has 0 saturated carbocycles. The van der Waals surface area contributed by atoms with E-state index in [4.69, 9.17) is 4.74 Å². The summed E-state index contributed by atoms with van der Waals surface area (Å²) in [6.45, 7) is 1.75. The summed E-state index contributed by atoms with van der Waals surface area (Å²) in [5.41, 5.74) is 1.02. The smallest absolute Gasteiger partial charge is 0.339 e. The van der Waals surface area contributed by atoms with Crippen LogP contribution in [0.4, 0.5) is 0 Å². The number of aryl methyl sites for hydroxylation is 1. The van der Waals surface area contributed by atoms with Crippen molar-refractivity contribution >= 4 is 28.6 Å². The molecule has 0 bridgehead atoms. The molecule has 0 spiro atoms. The van der Waals surface area contributed by atoms with Gasteiger partial charge in [-0.2, -0.15) is 0 Å². The summed E-state index contributed by atoms with van der Waals surface area (Å²) >= 11 is 2.19. The Morgan fingerprint density at radius 3 is 2.58 bits per heavy atom. The number of para-hydroxylation sites is 1. The lowest BCUT2D eigenvalue weighted by Gasteiger charge is -2.08. The number of hydrogen-bond donors (Lipinski definition) is 0. The zero-order valence-electron chi connectivity index (χ0n) is 10.5. The maximum atomic E-state index is 11.5. The number of methoxy groups -OCH3 is 1. The van der Waals surface area contributed by atoms with E-state index in [0.717, 1.165) is 9.32 Å². The van der Waals surface area contributed by atoms with E-state index in [-0.39, 0.29) is 0 Å². The molecule has 0 N–H and O–H groups in total. The number of benzene rings is 1. The zero-order valence-corrected chi connectivity index (χ0v) is 12.7. The third-order valence-corrected chi connectivity index (χ3v) is 3.41. The van der Waals surface area contributed by atoms with Crippen LogP contribution in [0.25, 0.3) is 0 Å². The molecule has 0 aliphatic carbocycles. The summed E-state index contributed by atoms with van der Waals surface area (Å²) in [5, 5.41) is 0. The molecule has 1 heterocycles. The van der Waals surface area contributed by atoms with Crippen molar-refractivity contribution in [3.05, 3.63) is 51.2 Å². The van der Waals surface area contributed by atoms with Crippen molar-refractivity contribution < 1.29 is 14.3 Å². The third-order valence-electron chi connectivity index (χ3n) is 2.52. The molecule has 0 saturated heterocycles. The summed E-state index contributed by atoms with van der Waals surface area (Å²) in [5.74, 6) is 0.793. The molecule has 0 aliphatic heterocycles. The molecule has 4 nitrogen and oxygen atoms in total. The summed E-state index contributed by atoms with van der Waals surface area (Å²) < 4.78 is 11.4.